The molecule has 8 heteroatoms. The third-order valence-electron chi connectivity index (χ3n) is 4.07. The molecular weight excluding hydrogens is 346 g/mol. The minimum absolute atomic E-state index is 0.290. The number of methoxy groups -OCH3 is 1. The Morgan fingerprint density at radius 3 is 2.63 bits per heavy atom. The van der Waals surface area contributed by atoms with E-state index in [1.165, 1.54) is 14.0 Å². The molecule has 0 bridgehead atoms. The number of nitrogens with zero attached hydrogens (tertiary/aromatic N) is 2. The molecule has 0 saturated heterocycles. The van der Waals surface area contributed by atoms with E-state index in [2.05, 4.69) is 20.5 Å². The van der Waals surface area contributed by atoms with E-state index in [4.69, 9.17) is 10.5 Å². The van der Waals surface area contributed by atoms with Gasteiger partial charge in [0.1, 0.15) is 11.8 Å². The first-order valence-corrected chi connectivity index (χ1v) is 8.24. The molecule has 0 spiro atoms. The van der Waals surface area contributed by atoms with Gasteiger partial charge in [0.05, 0.1) is 29.3 Å². The molecular formula is C19H19N5O3. The van der Waals surface area contributed by atoms with Crippen molar-refractivity contribution in [3.8, 4) is 5.75 Å². The number of carbonyl (C=O) groups excluding carboxylic acids is 2. The quantitative estimate of drug-likeness (QED) is 0.614. The molecule has 3 aromatic rings. The number of nitrogens with one attached hydrogen (secondary N) is 2. The van der Waals surface area contributed by atoms with Crippen molar-refractivity contribution in [1.29, 1.82) is 0 Å². The highest BCUT2D eigenvalue weighted by molar-refractivity contribution is 6.06. The first-order chi connectivity index (χ1) is 13.0. The molecule has 0 saturated carbocycles. The number of benzene rings is 1. The minimum Gasteiger partial charge on any atom is -0.495 e. The Morgan fingerprint density at radius 1 is 1.22 bits per heavy atom. The highest BCUT2D eigenvalue weighted by Crippen LogP contribution is 2.32. The largest absolute Gasteiger partial charge is 0.495 e. The number of amides is 2. The van der Waals surface area contributed by atoms with Gasteiger partial charge in [-0.25, -0.2) is 0 Å². The molecule has 4 N–H and O–H groups in total. The van der Waals surface area contributed by atoms with Gasteiger partial charge < -0.3 is 15.8 Å². The normalized spacial score (nSPS) is 12.2. The third-order valence-corrected chi connectivity index (χ3v) is 4.07. The topological polar surface area (TPSA) is 123 Å². The van der Waals surface area contributed by atoms with Crippen LogP contribution in [0.25, 0.3) is 23.1 Å². The molecule has 8 nitrogen and oxygen atoms in total. The lowest BCUT2D eigenvalue weighted by Gasteiger charge is -2.13. The fourth-order valence-electron chi connectivity index (χ4n) is 2.61. The van der Waals surface area contributed by atoms with Crippen molar-refractivity contribution in [2.45, 2.75) is 13.0 Å². The summed E-state index contributed by atoms with van der Waals surface area (Å²) in [4.78, 5) is 27.7. The first-order valence-electron chi connectivity index (χ1n) is 8.24. The average Bonchev–Trinajstić information content (AvgIpc) is 3.09. The maximum absolute atomic E-state index is 12.5. The lowest BCUT2D eigenvalue weighted by molar-refractivity contribution is -0.119. The van der Waals surface area contributed by atoms with Crippen molar-refractivity contribution in [3.05, 3.63) is 53.5 Å². The van der Waals surface area contributed by atoms with E-state index in [0.29, 0.717) is 16.8 Å². The molecule has 0 fully saturated rings. The van der Waals surface area contributed by atoms with Gasteiger partial charge in [0.15, 0.2) is 0 Å². The first kappa shape index (κ1) is 18.1. The van der Waals surface area contributed by atoms with Crippen LogP contribution in [0.4, 0.5) is 0 Å². The van der Waals surface area contributed by atoms with Gasteiger partial charge in [0.25, 0.3) is 5.91 Å². The molecule has 0 aliphatic heterocycles. The molecule has 2 heterocycles. The summed E-state index contributed by atoms with van der Waals surface area (Å²) in [6.45, 7) is 1.52. The number of hydrogen-bond donors (Lipinski definition) is 3. The van der Waals surface area contributed by atoms with Crippen LogP contribution in [0.15, 0.2) is 36.7 Å². The van der Waals surface area contributed by atoms with Crippen molar-refractivity contribution >= 4 is 34.9 Å². The summed E-state index contributed by atoms with van der Waals surface area (Å²) in [6, 6.07) is 6.28. The summed E-state index contributed by atoms with van der Waals surface area (Å²) in [5, 5.41) is 10.4. The maximum Gasteiger partial charge on any atom is 0.255 e. The average molecular weight is 365 g/mol. The van der Waals surface area contributed by atoms with E-state index in [1.807, 2.05) is 24.3 Å². The molecule has 27 heavy (non-hydrogen) atoms. The summed E-state index contributed by atoms with van der Waals surface area (Å²) >= 11 is 0. The molecule has 0 aliphatic carbocycles. The van der Waals surface area contributed by atoms with Crippen LogP contribution < -0.4 is 15.8 Å². The SMILES string of the molecule is COc1c(C(=O)NC(C)C(N)=O)ccc2[nH]nc(C=Cc3ccncc3)c12. The number of H-pyrrole nitrogens is 1. The van der Waals surface area contributed by atoms with Crippen LogP contribution in [-0.2, 0) is 4.79 Å². The van der Waals surface area contributed by atoms with E-state index < -0.39 is 17.9 Å². The molecule has 1 atom stereocenters. The molecule has 1 unspecified atom stereocenters. The van der Waals surface area contributed by atoms with Crippen molar-refractivity contribution < 1.29 is 14.3 Å². The van der Waals surface area contributed by atoms with Crippen LogP contribution in [0.3, 0.4) is 0 Å². The number of pyridine rings is 1. The number of carbonyl (C=O) groups is 2. The number of ether oxygens (including phenoxy) is 1. The lowest BCUT2D eigenvalue weighted by atomic mass is 10.1. The van der Waals surface area contributed by atoms with Crippen LogP contribution in [0, 0.1) is 0 Å². The van der Waals surface area contributed by atoms with Gasteiger partial charge in [-0.1, -0.05) is 6.08 Å². The minimum atomic E-state index is -0.798. The number of aromatic nitrogens is 3. The molecule has 3 rings (SSSR count). The summed E-state index contributed by atoms with van der Waals surface area (Å²) in [6.07, 6.45) is 7.11. The van der Waals surface area contributed by atoms with Crippen molar-refractivity contribution in [2.75, 3.05) is 7.11 Å². The van der Waals surface area contributed by atoms with Crippen LogP contribution in [0.1, 0.15) is 28.5 Å². The monoisotopic (exact) mass is 365 g/mol. The van der Waals surface area contributed by atoms with Crippen LogP contribution in [-0.4, -0.2) is 40.1 Å². The van der Waals surface area contributed by atoms with Crippen molar-refractivity contribution in [3.63, 3.8) is 0 Å². The zero-order valence-corrected chi connectivity index (χ0v) is 14.9. The standard InChI is InChI=1S/C19H19N5O3/c1-11(18(20)25)22-19(26)13-4-6-15-16(17(13)27-2)14(23-24-15)5-3-12-7-9-21-10-8-12/h3-11H,1-2H3,(H2,20,25)(H,22,26)(H,23,24). The molecule has 2 amide bonds. The van der Waals surface area contributed by atoms with E-state index in [1.54, 1.807) is 24.5 Å². The van der Waals surface area contributed by atoms with E-state index >= 15 is 0 Å². The van der Waals surface area contributed by atoms with Gasteiger partial charge in [0, 0.05) is 12.4 Å². The fraction of sp³-hybridized carbons (Fsp3) is 0.158. The molecule has 0 aliphatic rings. The van der Waals surface area contributed by atoms with Crippen LogP contribution in [0.2, 0.25) is 0 Å². The highest BCUT2D eigenvalue weighted by atomic mass is 16.5. The number of nitrogens with two attached hydrogens (primary N) is 1. The fourth-order valence-corrected chi connectivity index (χ4v) is 2.61. The Morgan fingerprint density at radius 2 is 1.96 bits per heavy atom. The summed E-state index contributed by atoms with van der Waals surface area (Å²) in [7, 11) is 1.48. The Hall–Kier alpha value is -3.68. The number of aromatic amines is 1. The van der Waals surface area contributed by atoms with Crippen molar-refractivity contribution in [2.24, 2.45) is 5.73 Å². The van der Waals surface area contributed by atoms with E-state index in [0.717, 1.165) is 11.1 Å². The summed E-state index contributed by atoms with van der Waals surface area (Å²) < 4.78 is 5.49. The highest BCUT2D eigenvalue weighted by Gasteiger charge is 2.21. The van der Waals surface area contributed by atoms with Gasteiger partial charge >= 0.3 is 0 Å². The number of primary amides is 1. The summed E-state index contributed by atoms with van der Waals surface area (Å²) in [5.74, 6) is -0.706. The van der Waals surface area contributed by atoms with Crippen LogP contribution in [0.5, 0.6) is 5.75 Å². The molecule has 2 aromatic heterocycles. The Kier molecular flexibility index (Phi) is 5.16. The second kappa shape index (κ2) is 7.69. The Balaban J connectivity index is 2.02. The number of fused-ring (bicyclic) bond motifs is 1. The number of hydrogen-bond acceptors (Lipinski definition) is 5. The zero-order valence-electron chi connectivity index (χ0n) is 14.9. The molecule has 138 valence electrons. The second-order valence-electron chi connectivity index (χ2n) is 5.89. The van der Waals surface area contributed by atoms with Crippen LogP contribution >= 0.6 is 0 Å². The number of rotatable bonds is 6. The predicted molar refractivity (Wildman–Crippen MR) is 102 cm³/mol. The lowest BCUT2D eigenvalue weighted by Crippen LogP contribution is -2.42. The van der Waals surface area contributed by atoms with Gasteiger partial charge in [-0.3, -0.25) is 19.7 Å². The summed E-state index contributed by atoms with van der Waals surface area (Å²) in [5.41, 5.74) is 7.81. The second-order valence-corrected chi connectivity index (χ2v) is 5.89. The smallest absolute Gasteiger partial charge is 0.255 e. The van der Waals surface area contributed by atoms with Gasteiger partial charge in [0.2, 0.25) is 5.91 Å². The third kappa shape index (κ3) is 3.79. The van der Waals surface area contributed by atoms with Gasteiger partial charge in [-0.2, -0.15) is 5.10 Å². The van der Waals surface area contributed by atoms with Gasteiger partial charge in [-0.15, -0.1) is 0 Å². The maximum atomic E-state index is 12.5. The molecule has 0 radical (unpaired) electrons. The van der Waals surface area contributed by atoms with E-state index in [-0.39, 0.29) is 5.56 Å². The van der Waals surface area contributed by atoms with Crippen molar-refractivity contribution in [1.82, 2.24) is 20.5 Å². The Bertz CT molecular complexity index is 1010. The van der Waals surface area contributed by atoms with Gasteiger partial charge in [-0.05, 0) is 42.8 Å². The van der Waals surface area contributed by atoms with E-state index in [9.17, 15) is 9.59 Å². The molecule has 1 aromatic carbocycles. The Labute approximate surface area is 155 Å². The predicted octanol–water partition coefficient (Wildman–Crippen LogP) is 1.74. The zero-order chi connectivity index (χ0) is 19.4.